The van der Waals surface area contributed by atoms with Gasteiger partial charge in [0.05, 0.1) is 11.5 Å². The van der Waals surface area contributed by atoms with Crippen molar-refractivity contribution in [2.24, 2.45) is 5.92 Å². The number of hydrogen-bond acceptors (Lipinski definition) is 7. The Hall–Kier alpha value is -2.70. The van der Waals surface area contributed by atoms with Gasteiger partial charge in [-0.15, -0.1) is 0 Å². The first-order valence-electron chi connectivity index (χ1n) is 11.2. The molecule has 0 spiro atoms. The van der Waals surface area contributed by atoms with Gasteiger partial charge in [-0.25, -0.2) is 26.6 Å². The van der Waals surface area contributed by atoms with E-state index in [1.54, 1.807) is 18.2 Å². The minimum Gasteiger partial charge on any atom is -0.493 e. The van der Waals surface area contributed by atoms with Crippen LogP contribution in [-0.2, 0) is 10.0 Å². The number of nitrogens with one attached hydrogen (secondary N) is 1. The van der Waals surface area contributed by atoms with Crippen LogP contribution in [0.5, 0.6) is 5.75 Å². The summed E-state index contributed by atoms with van der Waals surface area (Å²) in [4.78, 5) is 6.05. The van der Waals surface area contributed by atoms with Gasteiger partial charge < -0.3 is 4.74 Å². The molecular formula is C23H23F3N4O3S2. The molecule has 12 heteroatoms. The fourth-order valence-electron chi connectivity index (χ4n) is 4.88. The number of aromatic nitrogens is 2. The molecule has 0 radical (unpaired) electrons. The van der Waals surface area contributed by atoms with Crippen LogP contribution in [0.3, 0.4) is 0 Å². The number of nitrogens with zero attached hydrogens (tertiary/aromatic N) is 3. The molecule has 3 heterocycles. The molecule has 186 valence electrons. The second kappa shape index (κ2) is 9.75. The van der Waals surface area contributed by atoms with Gasteiger partial charge in [0, 0.05) is 47.6 Å². The highest BCUT2D eigenvalue weighted by molar-refractivity contribution is 7.93. The molecule has 7 nitrogen and oxygen atoms in total. The third-order valence-electron chi connectivity index (χ3n) is 6.58. The van der Waals surface area contributed by atoms with Gasteiger partial charge in [0.2, 0.25) is 11.6 Å². The predicted molar refractivity (Wildman–Crippen MR) is 125 cm³/mol. The highest BCUT2D eigenvalue weighted by Gasteiger charge is 2.39. The molecule has 0 aliphatic carbocycles. The lowest BCUT2D eigenvalue weighted by Crippen LogP contribution is -2.42. The van der Waals surface area contributed by atoms with Crippen LogP contribution in [0.4, 0.5) is 18.3 Å². The molecule has 2 aliphatic heterocycles. The SMILES string of the molecule is O=S(=O)(Nc1ncns1)c1ccc2c(c1)OCC[C@@H]2N1CCC(C(F)F)C[C@@H]1c1ccc(F)cc1. The fourth-order valence-corrected chi connectivity index (χ4v) is 6.56. The van der Waals surface area contributed by atoms with Gasteiger partial charge in [-0.3, -0.25) is 9.62 Å². The smallest absolute Gasteiger partial charge is 0.263 e. The quantitative estimate of drug-likeness (QED) is 0.488. The topological polar surface area (TPSA) is 84.4 Å². The molecule has 1 fully saturated rings. The Morgan fingerprint density at radius 1 is 1.11 bits per heavy atom. The molecule has 0 amide bonds. The molecule has 3 atom stereocenters. The molecule has 0 bridgehead atoms. The third-order valence-corrected chi connectivity index (χ3v) is 8.63. The van der Waals surface area contributed by atoms with Gasteiger partial charge in [-0.2, -0.15) is 4.37 Å². The first kappa shape index (κ1) is 24.0. The Morgan fingerprint density at radius 3 is 2.63 bits per heavy atom. The van der Waals surface area contributed by atoms with Crippen molar-refractivity contribution < 1.29 is 26.3 Å². The monoisotopic (exact) mass is 524 g/mol. The first-order valence-corrected chi connectivity index (χ1v) is 13.4. The summed E-state index contributed by atoms with van der Waals surface area (Å²) in [6.45, 7) is 0.801. The van der Waals surface area contributed by atoms with Crippen LogP contribution in [0.1, 0.15) is 42.5 Å². The molecule has 5 rings (SSSR count). The number of hydrogen-bond donors (Lipinski definition) is 1. The van der Waals surface area contributed by atoms with Crippen molar-refractivity contribution in [2.75, 3.05) is 17.9 Å². The summed E-state index contributed by atoms with van der Waals surface area (Å²) in [6.07, 6.45) is 0.0706. The van der Waals surface area contributed by atoms with E-state index in [2.05, 4.69) is 19.0 Å². The van der Waals surface area contributed by atoms with Gasteiger partial charge in [0.1, 0.15) is 17.9 Å². The second-order valence-electron chi connectivity index (χ2n) is 8.63. The first-order chi connectivity index (χ1) is 16.8. The summed E-state index contributed by atoms with van der Waals surface area (Å²) in [5.41, 5.74) is 1.58. The minimum atomic E-state index is -3.89. The Labute approximate surface area is 205 Å². The van der Waals surface area contributed by atoms with E-state index in [-0.39, 0.29) is 34.3 Å². The van der Waals surface area contributed by atoms with E-state index in [1.165, 1.54) is 30.6 Å². The van der Waals surface area contributed by atoms with Crippen LogP contribution in [-0.4, -0.2) is 42.3 Å². The van der Waals surface area contributed by atoms with Crippen LogP contribution in [0.15, 0.2) is 53.7 Å². The van der Waals surface area contributed by atoms with E-state index in [0.717, 1.165) is 22.7 Å². The van der Waals surface area contributed by atoms with Crippen molar-refractivity contribution in [3.8, 4) is 5.75 Å². The molecule has 0 saturated carbocycles. The number of sulfonamides is 1. The Morgan fingerprint density at radius 2 is 1.91 bits per heavy atom. The van der Waals surface area contributed by atoms with Crippen LogP contribution >= 0.6 is 11.5 Å². The van der Waals surface area contributed by atoms with E-state index < -0.39 is 22.4 Å². The standard InChI is InChI=1S/C23H23F3N4O3S2/c24-16-3-1-14(2-4-16)20-11-15(22(25)26)7-9-30(20)19-8-10-33-21-12-17(5-6-18(19)21)35(31,32)29-23-27-13-28-34-23/h1-6,12-13,15,19-20,22H,7-11H2,(H,27,28,29)/t15?,19-,20+/m0/s1. The van der Waals surface area contributed by atoms with Gasteiger partial charge in [-0.05, 0) is 43.1 Å². The minimum absolute atomic E-state index is 0.0265. The molecular weight excluding hydrogens is 501 g/mol. The number of halogens is 3. The molecule has 35 heavy (non-hydrogen) atoms. The lowest BCUT2D eigenvalue weighted by atomic mass is 9.84. The van der Waals surface area contributed by atoms with Crippen LogP contribution < -0.4 is 9.46 Å². The third kappa shape index (κ3) is 5.00. The molecule has 3 aromatic rings. The number of alkyl halides is 2. The lowest BCUT2D eigenvalue weighted by molar-refractivity contribution is -0.0134. The summed E-state index contributed by atoms with van der Waals surface area (Å²) >= 11 is 0.927. The van der Waals surface area contributed by atoms with Crippen LogP contribution in [0.25, 0.3) is 0 Å². The van der Waals surface area contributed by atoms with E-state index in [4.69, 9.17) is 4.74 Å². The predicted octanol–water partition coefficient (Wildman–Crippen LogP) is 5.02. The Bertz CT molecular complexity index is 1270. The van der Waals surface area contributed by atoms with Crippen LogP contribution in [0, 0.1) is 11.7 Å². The zero-order valence-electron chi connectivity index (χ0n) is 18.5. The zero-order chi connectivity index (χ0) is 24.6. The van der Waals surface area contributed by atoms with Crippen molar-refractivity contribution >= 4 is 26.7 Å². The zero-order valence-corrected chi connectivity index (χ0v) is 20.1. The summed E-state index contributed by atoms with van der Waals surface area (Å²) in [5, 5.41) is 0.158. The van der Waals surface area contributed by atoms with Gasteiger partial charge in [0.15, 0.2) is 0 Å². The summed E-state index contributed by atoms with van der Waals surface area (Å²) < 4.78 is 78.3. The van der Waals surface area contributed by atoms with E-state index in [0.29, 0.717) is 31.7 Å². The van der Waals surface area contributed by atoms with Gasteiger partial charge in [0.25, 0.3) is 10.0 Å². The van der Waals surface area contributed by atoms with Crippen molar-refractivity contribution in [3.63, 3.8) is 0 Å². The molecule has 1 saturated heterocycles. The maximum atomic E-state index is 13.6. The normalized spacial score (nSPS) is 23.0. The number of ether oxygens (including phenoxy) is 1. The largest absolute Gasteiger partial charge is 0.493 e. The highest BCUT2D eigenvalue weighted by atomic mass is 32.2. The lowest BCUT2D eigenvalue weighted by Gasteiger charge is -2.45. The number of piperidine rings is 1. The van der Waals surface area contributed by atoms with Crippen LogP contribution in [0.2, 0.25) is 0 Å². The number of fused-ring (bicyclic) bond motifs is 1. The Kier molecular flexibility index (Phi) is 6.69. The Balaban J connectivity index is 1.45. The summed E-state index contributed by atoms with van der Waals surface area (Å²) in [6, 6.07) is 10.2. The van der Waals surface area contributed by atoms with E-state index in [9.17, 15) is 21.6 Å². The fraction of sp³-hybridized carbons (Fsp3) is 0.391. The van der Waals surface area contributed by atoms with Gasteiger partial charge >= 0.3 is 0 Å². The van der Waals surface area contributed by atoms with E-state index in [1.807, 2.05) is 0 Å². The molecule has 1 unspecified atom stereocenters. The average molecular weight is 525 g/mol. The van der Waals surface area contributed by atoms with Crippen molar-refractivity contribution in [2.45, 2.75) is 42.7 Å². The summed E-state index contributed by atoms with van der Waals surface area (Å²) in [7, 11) is -3.89. The van der Waals surface area contributed by atoms with E-state index >= 15 is 0 Å². The molecule has 1 aromatic heterocycles. The van der Waals surface area contributed by atoms with Crippen molar-refractivity contribution in [1.82, 2.24) is 14.3 Å². The molecule has 1 N–H and O–H groups in total. The average Bonchev–Trinajstić information content (AvgIpc) is 3.36. The highest BCUT2D eigenvalue weighted by Crippen LogP contribution is 2.46. The molecule has 2 aromatic carbocycles. The summed E-state index contributed by atoms with van der Waals surface area (Å²) in [5.74, 6) is -0.677. The second-order valence-corrected chi connectivity index (χ2v) is 11.1. The number of anilines is 1. The van der Waals surface area contributed by atoms with Crippen molar-refractivity contribution in [1.29, 1.82) is 0 Å². The molecule has 2 aliphatic rings. The van der Waals surface area contributed by atoms with Crippen molar-refractivity contribution in [3.05, 3.63) is 65.7 Å². The maximum absolute atomic E-state index is 13.6. The van der Waals surface area contributed by atoms with Gasteiger partial charge in [-0.1, -0.05) is 18.2 Å². The maximum Gasteiger partial charge on any atom is 0.263 e. The number of likely N-dealkylation sites (tertiary alicyclic amines) is 1. The number of benzene rings is 2. The number of rotatable bonds is 6.